The SMILES string of the molecule is O=C(CCCF)NNc1cc(C2=NO[C@](c3cc(Cl)cc(I)c3)(C(F)(F)F)C2)ccc1Cl. The summed E-state index contributed by atoms with van der Waals surface area (Å²) < 4.78 is 55.2. The number of carbonyl (C=O) groups is 1. The molecule has 0 unspecified atom stereocenters. The molecule has 1 atom stereocenters. The molecule has 0 spiro atoms. The van der Waals surface area contributed by atoms with Gasteiger partial charge in [0.1, 0.15) is 0 Å². The average Bonchev–Trinajstić information content (AvgIpc) is 3.18. The quantitative estimate of drug-likeness (QED) is 0.220. The number of rotatable bonds is 7. The van der Waals surface area contributed by atoms with E-state index in [9.17, 15) is 22.4 Å². The van der Waals surface area contributed by atoms with Crippen molar-refractivity contribution < 1.29 is 27.2 Å². The van der Waals surface area contributed by atoms with Crippen LogP contribution in [0.4, 0.5) is 23.2 Å². The Morgan fingerprint density at radius 3 is 2.62 bits per heavy atom. The molecule has 2 aromatic rings. The van der Waals surface area contributed by atoms with Crippen LogP contribution in [-0.2, 0) is 15.2 Å². The topological polar surface area (TPSA) is 62.7 Å². The fourth-order valence-electron chi connectivity index (χ4n) is 3.07. The van der Waals surface area contributed by atoms with Crippen molar-refractivity contribution in [2.75, 3.05) is 12.1 Å². The highest BCUT2D eigenvalue weighted by atomic mass is 127. The van der Waals surface area contributed by atoms with Gasteiger partial charge in [-0.3, -0.25) is 20.0 Å². The van der Waals surface area contributed by atoms with E-state index in [4.69, 9.17) is 28.0 Å². The van der Waals surface area contributed by atoms with E-state index in [1.165, 1.54) is 36.4 Å². The van der Waals surface area contributed by atoms with E-state index in [2.05, 4.69) is 16.0 Å². The third-order valence-corrected chi connectivity index (χ3v) is 5.86. The summed E-state index contributed by atoms with van der Waals surface area (Å²) in [4.78, 5) is 16.7. The second-order valence-electron chi connectivity index (χ2n) is 6.95. The summed E-state index contributed by atoms with van der Waals surface area (Å²) in [5, 5.41) is 4.08. The van der Waals surface area contributed by atoms with Gasteiger partial charge in [0.15, 0.2) is 0 Å². The highest BCUT2D eigenvalue weighted by Gasteiger charge is 2.62. The Labute approximate surface area is 204 Å². The van der Waals surface area contributed by atoms with Gasteiger partial charge in [0.05, 0.1) is 23.1 Å². The van der Waals surface area contributed by atoms with Gasteiger partial charge < -0.3 is 4.84 Å². The number of hydrogen-bond donors (Lipinski definition) is 2. The van der Waals surface area contributed by atoms with Crippen molar-refractivity contribution in [2.24, 2.45) is 5.16 Å². The highest BCUT2D eigenvalue weighted by molar-refractivity contribution is 14.1. The van der Waals surface area contributed by atoms with Gasteiger partial charge in [-0.25, -0.2) is 0 Å². The molecule has 2 N–H and O–H groups in total. The second kappa shape index (κ2) is 10.0. The van der Waals surface area contributed by atoms with Crippen LogP contribution in [0.5, 0.6) is 0 Å². The van der Waals surface area contributed by atoms with Crippen LogP contribution in [0.3, 0.4) is 0 Å². The number of halogens is 7. The minimum atomic E-state index is -4.77. The average molecular weight is 604 g/mol. The lowest BCUT2D eigenvalue weighted by Gasteiger charge is -2.29. The molecule has 1 aliphatic heterocycles. The first-order valence-electron chi connectivity index (χ1n) is 9.25. The first kappa shape index (κ1) is 24.8. The number of nitrogens with zero attached hydrogens (tertiary/aromatic N) is 1. The van der Waals surface area contributed by atoms with Gasteiger partial charge in [0.2, 0.25) is 5.91 Å². The lowest BCUT2D eigenvalue weighted by molar-refractivity contribution is -0.275. The minimum Gasteiger partial charge on any atom is -0.374 e. The summed E-state index contributed by atoms with van der Waals surface area (Å²) >= 11 is 14.0. The monoisotopic (exact) mass is 603 g/mol. The zero-order valence-corrected chi connectivity index (χ0v) is 19.9. The molecule has 0 saturated heterocycles. The molecule has 1 amide bonds. The van der Waals surface area contributed by atoms with Gasteiger partial charge >= 0.3 is 6.18 Å². The van der Waals surface area contributed by atoms with E-state index in [0.29, 0.717) is 9.13 Å². The number of anilines is 1. The molecule has 12 heteroatoms. The maximum absolute atomic E-state index is 14.2. The van der Waals surface area contributed by atoms with Crippen LogP contribution in [0.1, 0.15) is 30.4 Å². The molecule has 32 heavy (non-hydrogen) atoms. The lowest BCUT2D eigenvalue weighted by Crippen LogP contribution is -2.42. The van der Waals surface area contributed by atoms with Gasteiger partial charge in [0.25, 0.3) is 5.60 Å². The zero-order chi connectivity index (χ0) is 23.5. The molecule has 1 aliphatic rings. The van der Waals surface area contributed by atoms with Crippen LogP contribution >= 0.6 is 45.8 Å². The van der Waals surface area contributed by atoms with Crippen molar-refractivity contribution in [1.29, 1.82) is 0 Å². The summed E-state index contributed by atoms with van der Waals surface area (Å²) in [7, 11) is 0. The molecule has 0 saturated carbocycles. The van der Waals surface area contributed by atoms with E-state index < -0.39 is 30.8 Å². The maximum Gasteiger partial charge on any atom is 0.435 e. The Kier molecular flexibility index (Phi) is 7.77. The van der Waals surface area contributed by atoms with Gasteiger partial charge in [-0.1, -0.05) is 34.4 Å². The van der Waals surface area contributed by atoms with Crippen molar-refractivity contribution in [3.63, 3.8) is 0 Å². The predicted octanol–water partition coefficient (Wildman–Crippen LogP) is 6.37. The number of amides is 1. The standard InChI is InChI=1S/C20H16Cl2F4IN3O2/c21-13-7-12(8-14(27)9-13)19(20(24,25)26)10-17(30-32-19)11-3-4-15(22)16(6-11)28-29-18(31)2-1-5-23/h3-4,6-9,28H,1-2,5,10H2,(H,29,31)/t19-/m1/s1. The zero-order valence-electron chi connectivity index (χ0n) is 16.2. The number of benzene rings is 2. The molecule has 0 aliphatic carbocycles. The number of hydrazine groups is 1. The fourth-order valence-corrected chi connectivity index (χ4v) is 4.33. The van der Waals surface area contributed by atoms with E-state index in [1.807, 2.05) is 22.6 Å². The summed E-state index contributed by atoms with van der Waals surface area (Å²) in [5.74, 6) is -0.461. The van der Waals surface area contributed by atoms with Crippen LogP contribution in [0.2, 0.25) is 10.0 Å². The molecule has 3 rings (SSSR count). The van der Waals surface area contributed by atoms with Crippen LogP contribution < -0.4 is 10.9 Å². The summed E-state index contributed by atoms with van der Waals surface area (Å²) in [6, 6.07) is 8.47. The van der Waals surface area contributed by atoms with Crippen LogP contribution in [0.25, 0.3) is 0 Å². The normalized spacial score (nSPS) is 18.2. The number of nitrogens with one attached hydrogen (secondary N) is 2. The molecule has 0 fully saturated rings. The van der Waals surface area contributed by atoms with E-state index in [1.54, 1.807) is 0 Å². The van der Waals surface area contributed by atoms with Gasteiger partial charge in [-0.2, -0.15) is 13.2 Å². The Bertz CT molecular complexity index is 1030. The lowest BCUT2D eigenvalue weighted by atomic mass is 9.86. The van der Waals surface area contributed by atoms with Crippen molar-refractivity contribution in [3.8, 4) is 0 Å². The van der Waals surface area contributed by atoms with Gasteiger partial charge in [-0.15, -0.1) is 0 Å². The van der Waals surface area contributed by atoms with Crippen molar-refractivity contribution in [2.45, 2.75) is 31.0 Å². The Balaban J connectivity index is 1.86. The Morgan fingerprint density at radius 1 is 1.22 bits per heavy atom. The molecular formula is C20H16Cl2F4IN3O2. The highest BCUT2D eigenvalue weighted by Crippen LogP contribution is 2.49. The van der Waals surface area contributed by atoms with Gasteiger partial charge in [-0.05, 0) is 59.3 Å². The molecule has 2 aromatic carbocycles. The van der Waals surface area contributed by atoms with Crippen molar-refractivity contribution in [3.05, 3.63) is 61.1 Å². The summed E-state index contributed by atoms with van der Waals surface area (Å²) in [6.07, 6.45) is -5.33. The number of oxime groups is 1. The van der Waals surface area contributed by atoms with Crippen LogP contribution in [0, 0.1) is 3.57 Å². The van der Waals surface area contributed by atoms with Crippen LogP contribution in [-0.4, -0.2) is 24.5 Å². The molecule has 172 valence electrons. The van der Waals surface area contributed by atoms with E-state index >= 15 is 0 Å². The third kappa shape index (κ3) is 5.40. The molecule has 0 radical (unpaired) electrons. The molecule has 5 nitrogen and oxygen atoms in total. The smallest absolute Gasteiger partial charge is 0.374 e. The van der Waals surface area contributed by atoms with Crippen molar-refractivity contribution >= 4 is 63.1 Å². The number of alkyl halides is 4. The summed E-state index contributed by atoms with van der Waals surface area (Å²) in [6.45, 7) is -0.629. The molecule has 0 aromatic heterocycles. The van der Waals surface area contributed by atoms with Crippen LogP contribution in [0.15, 0.2) is 41.6 Å². The van der Waals surface area contributed by atoms with E-state index in [0.717, 1.165) is 0 Å². The van der Waals surface area contributed by atoms with Gasteiger partial charge in [0, 0.05) is 32.6 Å². The Morgan fingerprint density at radius 2 is 1.97 bits per heavy atom. The second-order valence-corrected chi connectivity index (χ2v) is 9.04. The minimum absolute atomic E-state index is 0.0338. The first-order chi connectivity index (χ1) is 15.1. The fraction of sp³-hybridized carbons (Fsp3) is 0.300. The molecular weight excluding hydrogens is 588 g/mol. The largest absolute Gasteiger partial charge is 0.435 e. The Hall–Kier alpha value is -1.79. The third-order valence-electron chi connectivity index (χ3n) is 4.69. The van der Waals surface area contributed by atoms with Crippen molar-refractivity contribution in [1.82, 2.24) is 5.43 Å². The maximum atomic E-state index is 14.2. The summed E-state index contributed by atoms with van der Waals surface area (Å²) in [5.41, 5.74) is 2.70. The molecule has 0 bridgehead atoms. The van der Waals surface area contributed by atoms with E-state index in [-0.39, 0.29) is 39.8 Å². The molecule has 1 heterocycles. The first-order valence-corrected chi connectivity index (χ1v) is 11.1. The predicted molar refractivity (Wildman–Crippen MR) is 123 cm³/mol. The number of hydrogen-bond acceptors (Lipinski definition) is 4. The number of carbonyl (C=O) groups excluding carboxylic acids is 1.